The van der Waals surface area contributed by atoms with Crippen LogP contribution in [0.15, 0.2) is 54.6 Å². The third kappa shape index (κ3) is 5.33. The number of hydrogen-bond donors (Lipinski definition) is 0. The topological polar surface area (TPSA) is 78.7 Å². The van der Waals surface area contributed by atoms with Gasteiger partial charge < -0.3 is 9.47 Å². The van der Waals surface area contributed by atoms with Gasteiger partial charge in [0, 0.05) is 25.3 Å². The highest BCUT2D eigenvalue weighted by Gasteiger charge is 2.05. The summed E-state index contributed by atoms with van der Waals surface area (Å²) in [5.41, 5.74) is 1.61. The predicted octanol–water partition coefficient (Wildman–Crippen LogP) is 3.40. The number of benzene rings is 2. The molecule has 0 aliphatic heterocycles. The summed E-state index contributed by atoms with van der Waals surface area (Å²) >= 11 is 0. The molecule has 0 N–H and O–H groups in total. The molecule has 0 amide bonds. The molecule has 0 saturated heterocycles. The highest BCUT2D eigenvalue weighted by molar-refractivity contribution is 5.88. The summed E-state index contributed by atoms with van der Waals surface area (Å²) in [6.07, 6.45) is 3.50. The lowest BCUT2D eigenvalue weighted by molar-refractivity contribution is -0.384. The van der Waals surface area contributed by atoms with Crippen molar-refractivity contribution >= 4 is 17.7 Å². The average Bonchev–Trinajstić information content (AvgIpc) is 2.59. The van der Waals surface area contributed by atoms with Gasteiger partial charge in [-0.15, -0.1) is 0 Å². The molecule has 0 bridgehead atoms. The lowest BCUT2D eigenvalue weighted by Gasteiger charge is -2.03. The van der Waals surface area contributed by atoms with Gasteiger partial charge in [0.25, 0.3) is 5.69 Å². The molecule has 0 aliphatic rings. The molecule has 0 fully saturated rings. The highest BCUT2D eigenvalue weighted by atomic mass is 16.6. The molecule has 124 valence electrons. The summed E-state index contributed by atoms with van der Waals surface area (Å²) in [5.74, 6) is -0.115. The predicted molar refractivity (Wildman–Crippen MR) is 89.8 cm³/mol. The van der Waals surface area contributed by atoms with Crippen molar-refractivity contribution < 1.29 is 19.2 Å². The minimum Gasteiger partial charge on any atom is -0.423 e. The first-order valence-corrected chi connectivity index (χ1v) is 7.31. The van der Waals surface area contributed by atoms with Crippen LogP contribution in [0.3, 0.4) is 0 Å². The van der Waals surface area contributed by atoms with E-state index in [9.17, 15) is 14.9 Å². The smallest absolute Gasteiger partial charge is 0.336 e. The van der Waals surface area contributed by atoms with E-state index in [1.165, 1.54) is 24.3 Å². The second-order valence-electron chi connectivity index (χ2n) is 4.99. The lowest BCUT2D eigenvalue weighted by atomic mass is 10.1. The van der Waals surface area contributed by atoms with Crippen LogP contribution in [-0.4, -0.2) is 24.6 Å². The van der Waals surface area contributed by atoms with Crippen LogP contribution in [0.25, 0.3) is 6.08 Å². The quantitative estimate of drug-likeness (QED) is 0.256. The summed E-state index contributed by atoms with van der Waals surface area (Å²) in [7, 11) is 1.64. The Labute approximate surface area is 139 Å². The van der Waals surface area contributed by atoms with Crippen LogP contribution in [0.2, 0.25) is 0 Å². The number of nitro benzene ring substituents is 1. The van der Waals surface area contributed by atoms with Crippen LogP contribution < -0.4 is 4.74 Å². The van der Waals surface area contributed by atoms with Gasteiger partial charge in [-0.3, -0.25) is 10.1 Å². The van der Waals surface area contributed by atoms with Crippen molar-refractivity contribution in [3.8, 4) is 5.75 Å². The molecule has 0 atom stereocenters. The maximum atomic E-state index is 11.8. The number of ether oxygens (including phenoxy) is 2. The van der Waals surface area contributed by atoms with Gasteiger partial charge in [-0.25, -0.2) is 4.79 Å². The molecule has 0 heterocycles. The van der Waals surface area contributed by atoms with Crippen LogP contribution in [0.4, 0.5) is 5.69 Å². The minimum absolute atomic E-state index is 0.0304. The molecule has 6 nitrogen and oxygen atoms in total. The Balaban J connectivity index is 1.95. The fourth-order valence-electron chi connectivity index (χ4n) is 2.00. The zero-order chi connectivity index (χ0) is 17.4. The molecule has 0 aliphatic carbocycles. The molecule has 0 aromatic heterocycles. The van der Waals surface area contributed by atoms with Crippen molar-refractivity contribution in [3.63, 3.8) is 0 Å². The lowest BCUT2D eigenvalue weighted by Crippen LogP contribution is -2.03. The Morgan fingerprint density at radius 3 is 2.62 bits per heavy atom. The zero-order valence-corrected chi connectivity index (χ0v) is 13.2. The Bertz CT molecular complexity index is 737. The molecule has 24 heavy (non-hydrogen) atoms. The van der Waals surface area contributed by atoms with Gasteiger partial charge in [0.05, 0.1) is 11.5 Å². The van der Waals surface area contributed by atoms with Crippen LogP contribution in [0, 0.1) is 10.1 Å². The second kappa shape index (κ2) is 8.59. The highest BCUT2D eigenvalue weighted by Crippen LogP contribution is 2.15. The van der Waals surface area contributed by atoms with E-state index >= 15 is 0 Å². The number of nitro groups is 1. The monoisotopic (exact) mass is 327 g/mol. The molecule has 0 saturated carbocycles. The number of nitrogens with zero attached hydrogens (tertiary/aromatic N) is 1. The normalized spacial score (nSPS) is 10.7. The molecular weight excluding hydrogens is 310 g/mol. The largest absolute Gasteiger partial charge is 0.423 e. The summed E-state index contributed by atoms with van der Waals surface area (Å²) in [4.78, 5) is 22.0. The van der Waals surface area contributed by atoms with E-state index in [1.54, 1.807) is 31.4 Å². The first-order chi connectivity index (χ1) is 11.6. The summed E-state index contributed by atoms with van der Waals surface area (Å²) in [6.45, 7) is 0.630. The first kappa shape index (κ1) is 17.4. The van der Waals surface area contributed by atoms with Gasteiger partial charge in [-0.2, -0.15) is 0 Å². The van der Waals surface area contributed by atoms with Crippen molar-refractivity contribution in [3.05, 3.63) is 75.8 Å². The fraction of sp³-hybridized carbons (Fsp3) is 0.167. The number of non-ortho nitro benzene ring substituents is 1. The molecule has 0 radical (unpaired) electrons. The van der Waals surface area contributed by atoms with Crippen molar-refractivity contribution in [2.75, 3.05) is 13.7 Å². The molecule has 2 aromatic carbocycles. The van der Waals surface area contributed by atoms with E-state index in [0.29, 0.717) is 17.9 Å². The fourth-order valence-corrected chi connectivity index (χ4v) is 2.00. The number of rotatable bonds is 7. The zero-order valence-electron chi connectivity index (χ0n) is 13.2. The number of carbonyl (C=O) groups excluding carboxylic acids is 1. The number of hydrogen-bond acceptors (Lipinski definition) is 5. The number of methoxy groups -OCH3 is 1. The van der Waals surface area contributed by atoms with Gasteiger partial charge in [0.15, 0.2) is 0 Å². The van der Waals surface area contributed by atoms with E-state index in [0.717, 1.165) is 12.0 Å². The maximum absolute atomic E-state index is 11.8. The van der Waals surface area contributed by atoms with Gasteiger partial charge in [0.1, 0.15) is 5.75 Å². The maximum Gasteiger partial charge on any atom is 0.336 e. The van der Waals surface area contributed by atoms with Crippen molar-refractivity contribution in [2.24, 2.45) is 0 Å². The summed E-state index contributed by atoms with van der Waals surface area (Å²) < 4.78 is 10.2. The molecule has 2 rings (SSSR count). The van der Waals surface area contributed by atoms with Crippen LogP contribution in [0.1, 0.15) is 11.1 Å². The Kier molecular flexibility index (Phi) is 6.22. The van der Waals surface area contributed by atoms with Crippen molar-refractivity contribution in [1.82, 2.24) is 0 Å². The first-order valence-electron chi connectivity index (χ1n) is 7.31. The van der Waals surface area contributed by atoms with Gasteiger partial charge >= 0.3 is 5.97 Å². The van der Waals surface area contributed by atoms with Crippen LogP contribution in [0.5, 0.6) is 5.75 Å². The Morgan fingerprint density at radius 1 is 1.21 bits per heavy atom. The van der Waals surface area contributed by atoms with Crippen LogP contribution >= 0.6 is 0 Å². The van der Waals surface area contributed by atoms with Crippen molar-refractivity contribution in [2.45, 2.75) is 6.42 Å². The van der Waals surface area contributed by atoms with E-state index in [-0.39, 0.29) is 5.69 Å². The number of esters is 1. The van der Waals surface area contributed by atoms with E-state index in [4.69, 9.17) is 9.47 Å². The second-order valence-corrected chi connectivity index (χ2v) is 4.99. The van der Waals surface area contributed by atoms with Gasteiger partial charge in [-0.05, 0) is 35.8 Å². The molecular formula is C18H17NO5. The number of carbonyl (C=O) groups is 1. The van der Waals surface area contributed by atoms with Gasteiger partial charge in [-0.1, -0.05) is 24.3 Å². The SMILES string of the molecule is COCCc1ccc(OC(=O)/C=C/c2cccc([N+](=O)[O-])c2)cc1. The van der Waals surface area contributed by atoms with Crippen LogP contribution in [-0.2, 0) is 16.0 Å². The molecule has 0 unspecified atom stereocenters. The molecule has 6 heteroatoms. The van der Waals surface area contributed by atoms with E-state index in [1.807, 2.05) is 12.1 Å². The standard InChI is InChI=1S/C18H17NO5/c1-23-12-11-14-5-8-17(9-6-14)24-18(20)10-7-15-3-2-4-16(13-15)19(21)22/h2-10,13H,11-12H2,1H3/b10-7+. The minimum atomic E-state index is -0.550. The average molecular weight is 327 g/mol. The third-order valence-electron chi connectivity index (χ3n) is 3.23. The Hall–Kier alpha value is -2.99. The summed E-state index contributed by atoms with van der Waals surface area (Å²) in [5, 5.41) is 10.7. The molecule has 2 aromatic rings. The molecule has 0 spiro atoms. The Morgan fingerprint density at radius 2 is 1.96 bits per heavy atom. The third-order valence-corrected chi connectivity index (χ3v) is 3.23. The van der Waals surface area contributed by atoms with E-state index in [2.05, 4.69) is 0 Å². The summed E-state index contributed by atoms with van der Waals surface area (Å²) in [6, 6.07) is 13.2. The van der Waals surface area contributed by atoms with Crippen molar-refractivity contribution in [1.29, 1.82) is 0 Å². The van der Waals surface area contributed by atoms with E-state index < -0.39 is 10.9 Å². The van der Waals surface area contributed by atoms with Gasteiger partial charge in [0.2, 0.25) is 0 Å².